The Morgan fingerprint density at radius 1 is 0.968 bits per heavy atom. The fourth-order valence-corrected chi connectivity index (χ4v) is 2.98. The Kier molecular flexibility index (Phi) is 5.54. The highest BCUT2D eigenvalue weighted by Crippen LogP contribution is 2.26. The van der Waals surface area contributed by atoms with Gasteiger partial charge in [0.05, 0.1) is 5.69 Å². The Hall–Kier alpha value is -4.70. The van der Waals surface area contributed by atoms with Crippen LogP contribution in [0.3, 0.4) is 0 Å². The van der Waals surface area contributed by atoms with E-state index in [4.69, 9.17) is 10.5 Å². The Morgan fingerprint density at radius 2 is 1.65 bits per heavy atom. The molecule has 2 N–H and O–H groups in total. The number of ether oxygens (including phenoxy) is 1. The van der Waals surface area contributed by atoms with Crippen molar-refractivity contribution in [2.24, 2.45) is 4.99 Å². The molecule has 4 rings (SSSR count). The van der Waals surface area contributed by atoms with Crippen LogP contribution in [0.2, 0.25) is 0 Å². The average molecular weight is 407 g/mol. The number of para-hydroxylation sites is 2. The molecule has 7 nitrogen and oxygen atoms in total. The Morgan fingerprint density at radius 3 is 2.35 bits per heavy atom. The number of aliphatic imine (C=N–C) groups is 1. The lowest BCUT2D eigenvalue weighted by Crippen LogP contribution is -2.25. The second-order valence-electron chi connectivity index (χ2n) is 6.51. The summed E-state index contributed by atoms with van der Waals surface area (Å²) < 4.78 is 7.06. The molecule has 31 heavy (non-hydrogen) atoms. The van der Waals surface area contributed by atoms with Gasteiger partial charge in [-0.2, -0.15) is 10.2 Å². The first kappa shape index (κ1) is 19.6. The largest absolute Gasteiger partial charge is 0.457 e. The van der Waals surface area contributed by atoms with Crippen LogP contribution in [0, 0.1) is 11.3 Å². The van der Waals surface area contributed by atoms with Gasteiger partial charge in [-0.3, -0.25) is 0 Å². The van der Waals surface area contributed by atoms with E-state index in [1.807, 2.05) is 60.7 Å². The van der Waals surface area contributed by atoms with E-state index in [9.17, 15) is 10.1 Å². The highest BCUT2D eigenvalue weighted by molar-refractivity contribution is 5.85. The summed E-state index contributed by atoms with van der Waals surface area (Å²) in [5.41, 5.74) is 6.84. The van der Waals surface area contributed by atoms with Gasteiger partial charge in [0.25, 0.3) is 0 Å². The van der Waals surface area contributed by atoms with E-state index in [2.05, 4.69) is 9.98 Å². The molecule has 7 heteroatoms. The van der Waals surface area contributed by atoms with Crippen LogP contribution in [0.4, 0.5) is 11.5 Å². The second kappa shape index (κ2) is 8.76. The highest BCUT2D eigenvalue weighted by atomic mass is 16.5. The minimum Gasteiger partial charge on any atom is -0.457 e. The van der Waals surface area contributed by atoms with Crippen LogP contribution in [0.5, 0.6) is 11.5 Å². The number of nitrogens with zero attached hydrogens (tertiary/aromatic N) is 4. The van der Waals surface area contributed by atoms with Crippen LogP contribution in [0.15, 0.2) is 94.7 Å². The summed E-state index contributed by atoms with van der Waals surface area (Å²) in [6.45, 7) is 0. The molecule has 1 heterocycles. The van der Waals surface area contributed by atoms with Crippen LogP contribution in [-0.4, -0.2) is 15.8 Å². The zero-order valence-electron chi connectivity index (χ0n) is 16.3. The smallest absolute Gasteiger partial charge is 0.355 e. The molecule has 0 aliphatic carbocycles. The highest BCUT2D eigenvalue weighted by Gasteiger charge is 2.15. The van der Waals surface area contributed by atoms with E-state index < -0.39 is 5.69 Å². The van der Waals surface area contributed by atoms with Crippen LogP contribution in [-0.2, 0) is 0 Å². The van der Waals surface area contributed by atoms with Crippen molar-refractivity contribution in [2.75, 3.05) is 5.73 Å². The first-order valence-corrected chi connectivity index (χ1v) is 9.41. The lowest BCUT2D eigenvalue weighted by Gasteiger charge is -2.11. The Bertz CT molecular complexity index is 1340. The van der Waals surface area contributed by atoms with Gasteiger partial charge >= 0.3 is 5.69 Å². The third-order valence-corrected chi connectivity index (χ3v) is 4.41. The molecule has 150 valence electrons. The quantitative estimate of drug-likeness (QED) is 0.498. The van der Waals surface area contributed by atoms with Gasteiger partial charge in [-0.1, -0.05) is 48.5 Å². The Balaban J connectivity index is 1.70. The molecule has 0 radical (unpaired) electrons. The summed E-state index contributed by atoms with van der Waals surface area (Å²) in [7, 11) is 0. The minimum atomic E-state index is -0.641. The lowest BCUT2D eigenvalue weighted by molar-refractivity contribution is 0.482. The average Bonchev–Trinajstić information content (AvgIpc) is 2.80. The van der Waals surface area contributed by atoms with E-state index >= 15 is 0 Å². The number of benzene rings is 3. The number of anilines is 1. The molecule has 0 aliphatic rings. The molecular weight excluding hydrogens is 390 g/mol. The third-order valence-electron chi connectivity index (χ3n) is 4.41. The van der Waals surface area contributed by atoms with E-state index in [-0.39, 0.29) is 17.2 Å². The second-order valence-corrected chi connectivity index (χ2v) is 6.51. The number of hydrogen-bond donors (Lipinski definition) is 1. The molecule has 0 atom stereocenters. The van der Waals surface area contributed by atoms with Crippen molar-refractivity contribution < 1.29 is 4.74 Å². The predicted molar refractivity (Wildman–Crippen MR) is 119 cm³/mol. The number of aromatic nitrogens is 2. The van der Waals surface area contributed by atoms with Gasteiger partial charge in [0.1, 0.15) is 29.1 Å². The van der Waals surface area contributed by atoms with Gasteiger partial charge in [0, 0.05) is 6.21 Å². The van der Waals surface area contributed by atoms with Gasteiger partial charge in [-0.15, -0.1) is 0 Å². The maximum atomic E-state index is 12.4. The molecule has 0 saturated heterocycles. The summed E-state index contributed by atoms with van der Waals surface area (Å²) in [4.78, 5) is 20.6. The van der Waals surface area contributed by atoms with Gasteiger partial charge in [-0.25, -0.2) is 14.4 Å². The Labute approximate surface area is 178 Å². The molecule has 0 amide bonds. The van der Waals surface area contributed by atoms with Crippen LogP contribution < -0.4 is 16.2 Å². The standard InChI is InChI=1S/C24H17N5O2/c25-15-21-22(23(26)29(24(30)28-21)18-9-3-1-4-10-18)27-16-17-8-7-13-20(14-17)31-19-11-5-2-6-12-19/h1-14,16H,26H2. The topological polar surface area (TPSA) is 106 Å². The molecule has 0 aliphatic heterocycles. The monoisotopic (exact) mass is 407 g/mol. The first-order valence-electron chi connectivity index (χ1n) is 9.41. The van der Waals surface area contributed by atoms with Crippen molar-refractivity contribution in [3.05, 3.63) is 107 Å². The summed E-state index contributed by atoms with van der Waals surface area (Å²) in [5.74, 6) is 1.39. The van der Waals surface area contributed by atoms with Crippen molar-refractivity contribution in [2.45, 2.75) is 0 Å². The minimum absolute atomic E-state index is 0.0377. The van der Waals surface area contributed by atoms with Crippen molar-refractivity contribution in [3.8, 4) is 23.3 Å². The summed E-state index contributed by atoms with van der Waals surface area (Å²) in [5, 5.41) is 9.42. The maximum absolute atomic E-state index is 12.4. The number of rotatable bonds is 5. The normalized spacial score (nSPS) is 10.7. The van der Waals surface area contributed by atoms with Crippen molar-refractivity contribution in [1.29, 1.82) is 5.26 Å². The van der Waals surface area contributed by atoms with E-state index in [0.29, 0.717) is 17.2 Å². The number of hydrogen-bond acceptors (Lipinski definition) is 6. The van der Waals surface area contributed by atoms with Gasteiger partial charge < -0.3 is 10.5 Å². The van der Waals surface area contributed by atoms with Crippen LogP contribution in [0.1, 0.15) is 11.3 Å². The van der Waals surface area contributed by atoms with E-state index in [1.165, 1.54) is 4.57 Å². The summed E-state index contributed by atoms with van der Waals surface area (Å²) >= 11 is 0. The molecular formula is C24H17N5O2. The molecule has 3 aromatic carbocycles. The number of nitrogen functional groups attached to an aromatic ring is 1. The van der Waals surface area contributed by atoms with Gasteiger partial charge in [0.2, 0.25) is 0 Å². The summed E-state index contributed by atoms with van der Waals surface area (Å²) in [6.07, 6.45) is 1.55. The van der Waals surface area contributed by atoms with E-state index in [1.54, 1.807) is 36.5 Å². The molecule has 4 aromatic rings. The fraction of sp³-hybridized carbons (Fsp3) is 0. The first-order chi connectivity index (χ1) is 15.2. The molecule has 0 fully saturated rings. The zero-order valence-corrected chi connectivity index (χ0v) is 16.3. The van der Waals surface area contributed by atoms with Crippen molar-refractivity contribution in [3.63, 3.8) is 0 Å². The summed E-state index contributed by atoms with van der Waals surface area (Å²) in [6, 6.07) is 27.4. The van der Waals surface area contributed by atoms with Crippen molar-refractivity contribution >= 4 is 17.7 Å². The fourth-order valence-electron chi connectivity index (χ4n) is 2.98. The molecule has 0 bridgehead atoms. The molecule has 0 spiro atoms. The van der Waals surface area contributed by atoms with Gasteiger partial charge in [-0.05, 0) is 42.0 Å². The molecule has 1 aromatic heterocycles. The molecule has 0 unspecified atom stereocenters. The van der Waals surface area contributed by atoms with Crippen molar-refractivity contribution in [1.82, 2.24) is 9.55 Å². The SMILES string of the molecule is N#Cc1nc(=O)n(-c2ccccc2)c(N)c1N=Cc1cccc(Oc2ccccc2)c1. The van der Waals surface area contributed by atoms with Crippen LogP contribution in [0.25, 0.3) is 5.69 Å². The zero-order chi connectivity index (χ0) is 21.6. The predicted octanol–water partition coefficient (Wildman–Crippen LogP) is 4.23. The third kappa shape index (κ3) is 4.33. The lowest BCUT2D eigenvalue weighted by atomic mass is 10.2. The molecule has 0 saturated carbocycles. The number of nitriles is 1. The van der Waals surface area contributed by atoms with Crippen LogP contribution >= 0.6 is 0 Å². The number of nitrogens with two attached hydrogens (primary N) is 1. The van der Waals surface area contributed by atoms with E-state index in [0.717, 1.165) is 5.56 Å². The maximum Gasteiger partial charge on any atom is 0.355 e. The van der Waals surface area contributed by atoms with Gasteiger partial charge in [0.15, 0.2) is 5.69 Å².